The van der Waals surface area contributed by atoms with Crippen molar-refractivity contribution in [2.45, 2.75) is 37.0 Å². The second-order valence-electron chi connectivity index (χ2n) is 11.5. The van der Waals surface area contributed by atoms with Gasteiger partial charge >= 0.3 is 5.97 Å². The standard InChI is InChI=1S/C29H35N3O10/c1-13-14-5-4-6-15(33)18(14)23(35)19-17(13)25(42-16(34)7-8-32-9-11-41-12-10-32)21-22(31(2)3)24(36)20(28(30)39)27(38)29(21,40)26(19)37/h4-6,13,17,21-22,25,33,35,38,40H,7-12H2,1-3H3,(H2,30,39)/t13-,17+,21-,22-,25-,29+/m1/s1. The van der Waals surface area contributed by atoms with Crippen LogP contribution in [0.5, 0.6) is 5.75 Å². The molecule has 226 valence electrons. The van der Waals surface area contributed by atoms with Gasteiger partial charge in [-0.1, -0.05) is 19.1 Å². The molecule has 6 atom stereocenters. The molecule has 1 heterocycles. The quantitative estimate of drug-likeness (QED) is 0.217. The number of carbonyl (C=O) groups excluding carboxylic acids is 4. The molecule has 0 aromatic heterocycles. The lowest BCUT2D eigenvalue weighted by atomic mass is 9.54. The van der Waals surface area contributed by atoms with Crippen LogP contribution in [0.2, 0.25) is 0 Å². The Bertz CT molecular complexity index is 1410. The first-order valence-corrected chi connectivity index (χ1v) is 13.8. The number of ether oxygens (including phenoxy) is 2. The number of aliphatic hydroxyl groups is 3. The number of amides is 1. The maximum absolute atomic E-state index is 14.2. The highest BCUT2D eigenvalue weighted by molar-refractivity contribution is 6.24. The number of aliphatic hydroxyl groups excluding tert-OH is 2. The van der Waals surface area contributed by atoms with Crippen LogP contribution in [0, 0.1) is 11.8 Å². The number of nitrogens with two attached hydrogens (primary N) is 1. The van der Waals surface area contributed by atoms with E-state index in [0.717, 1.165) is 0 Å². The summed E-state index contributed by atoms with van der Waals surface area (Å²) in [5.74, 6) is -9.76. The zero-order chi connectivity index (χ0) is 30.7. The number of carbonyl (C=O) groups is 4. The number of hydrogen-bond donors (Lipinski definition) is 5. The molecule has 1 saturated carbocycles. The number of phenolic OH excluding ortho intramolecular Hbond substituents is 1. The Morgan fingerprint density at radius 3 is 2.45 bits per heavy atom. The van der Waals surface area contributed by atoms with E-state index >= 15 is 0 Å². The summed E-state index contributed by atoms with van der Waals surface area (Å²) in [4.78, 5) is 56.9. The van der Waals surface area contributed by atoms with Crippen molar-refractivity contribution in [1.29, 1.82) is 0 Å². The van der Waals surface area contributed by atoms with Gasteiger partial charge in [0.25, 0.3) is 5.91 Å². The van der Waals surface area contributed by atoms with Crippen molar-refractivity contribution in [2.75, 3.05) is 46.9 Å². The molecule has 1 saturated heterocycles. The molecule has 0 bridgehead atoms. The van der Waals surface area contributed by atoms with Crippen molar-refractivity contribution in [3.8, 4) is 5.75 Å². The monoisotopic (exact) mass is 585 g/mol. The minimum absolute atomic E-state index is 0.0429. The summed E-state index contributed by atoms with van der Waals surface area (Å²) in [6.07, 6.45) is -1.49. The lowest BCUT2D eigenvalue weighted by molar-refractivity contribution is -0.185. The number of primary amides is 1. The zero-order valence-corrected chi connectivity index (χ0v) is 23.6. The van der Waals surface area contributed by atoms with Crippen molar-refractivity contribution in [3.63, 3.8) is 0 Å². The van der Waals surface area contributed by atoms with Gasteiger partial charge in [0.2, 0.25) is 5.78 Å². The SMILES string of the molecule is C[C@@H]1c2cccc(O)c2C(O)=C2C(=O)[C@]3(O)C(O)=C(C(N)=O)C(=O)[C@H](N(C)C)[C@@H]3[C@H](OC(=O)CCN3CCOCC3)[C@H]21. The van der Waals surface area contributed by atoms with Crippen LogP contribution in [-0.2, 0) is 28.7 Å². The van der Waals surface area contributed by atoms with Gasteiger partial charge in [-0.3, -0.25) is 29.0 Å². The van der Waals surface area contributed by atoms with E-state index in [2.05, 4.69) is 0 Å². The van der Waals surface area contributed by atoms with Crippen LogP contribution in [0.3, 0.4) is 0 Å². The van der Waals surface area contributed by atoms with Gasteiger partial charge in [0.1, 0.15) is 28.9 Å². The number of nitrogens with zero attached hydrogens (tertiary/aromatic N) is 2. The number of rotatable bonds is 6. The summed E-state index contributed by atoms with van der Waals surface area (Å²) in [5.41, 5.74) is 1.50. The van der Waals surface area contributed by atoms with Gasteiger partial charge in [-0.25, -0.2) is 0 Å². The molecule has 0 spiro atoms. The number of Topliss-reactive ketones (excluding diaryl/α,β-unsaturated/α-hetero) is 2. The Balaban J connectivity index is 1.69. The van der Waals surface area contributed by atoms with E-state index < -0.39 is 81.6 Å². The molecule has 6 N–H and O–H groups in total. The van der Waals surface area contributed by atoms with E-state index in [1.165, 1.54) is 25.1 Å². The molecule has 4 aliphatic rings. The largest absolute Gasteiger partial charge is 0.508 e. The Hall–Kier alpha value is -3.78. The molecule has 0 radical (unpaired) electrons. The van der Waals surface area contributed by atoms with E-state index in [1.807, 2.05) is 4.90 Å². The second kappa shape index (κ2) is 10.8. The van der Waals surface area contributed by atoms with Crippen LogP contribution in [0.25, 0.3) is 5.76 Å². The highest BCUT2D eigenvalue weighted by Crippen LogP contribution is 2.56. The second-order valence-corrected chi connectivity index (χ2v) is 11.5. The fourth-order valence-corrected chi connectivity index (χ4v) is 6.97. The van der Waals surface area contributed by atoms with Gasteiger partial charge in [-0.2, -0.15) is 0 Å². The van der Waals surface area contributed by atoms with Crippen molar-refractivity contribution in [3.05, 3.63) is 46.2 Å². The van der Waals surface area contributed by atoms with Crippen LogP contribution in [0.15, 0.2) is 35.1 Å². The number of fused-ring (bicyclic) bond motifs is 3. The van der Waals surface area contributed by atoms with Crippen LogP contribution in [0.4, 0.5) is 0 Å². The number of hydrogen-bond acceptors (Lipinski definition) is 12. The lowest BCUT2D eigenvalue weighted by Gasteiger charge is -2.54. The topological polar surface area (TPSA) is 200 Å². The fraction of sp³-hybridized carbons (Fsp3) is 0.517. The molecular formula is C29H35N3O10. The predicted molar refractivity (Wildman–Crippen MR) is 146 cm³/mol. The highest BCUT2D eigenvalue weighted by atomic mass is 16.5. The first-order chi connectivity index (χ1) is 19.8. The van der Waals surface area contributed by atoms with Crippen LogP contribution in [-0.4, -0.2) is 118 Å². The van der Waals surface area contributed by atoms with Gasteiger partial charge < -0.3 is 35.6 Å². The van der Waals surface area contributed by atoms with Gasteiger partial charge in [0.05, 0.1) is 37.2 Å². The van der Waals surface area contributed by atoms with Gasteiger partial charge in [-0.05, 0) is 31.6 Å². The number of likely N-dealkylation sites (N-methyl/N-ethyl adjacent to an activating group) is 1. The predicted octanol–water partition coefficient (Wildman–Crippen LogP) is -0.231. The van der Waals surface area contributed by atoms with Crippen LogP contribution >= 0.6 is 0 Å². The molecule has 3 aliphatic carbocycles. The molecule has 2 fully saturated rings. The molecule has 42 heavy (non-hydrogen) atoms. The summed E-state index contributed by atoms with van der Waals surface area (Å²) in [5, 5.41) is 45.3. The normalized spacial score (nSPS) is 31.5. The molecular weight excluding hydrogens is 550 g/mol. The van der Waals surface area contributed by atoms with Gasteiger partial charge in [-0.15, -0.1) is 0 Å². The Kier molecular flexibility index (Phi) is 7.64. The molecule has 13 nitrogen and oxygen atoms in total. The van der Waals surface area contributed by atoms with Crippen molar-refractivity contribution < 1.29 is 49.1 Å². The van der Waals surface area contributed by atoms with Crippen molar-refractivity contribution >= 4 is 29.2 Å². The number of morpholine rings is 1. The third kappa shape index (κ3) is 4.39. The molecule has 1 aromatic carbocycles. The van der Waals surface area contributed by atoms with Gasteiger partial charge in [0, 0.05) is 31.1 Å². The third-order valence-corrected chi connectivity index (χ3v) is 8.97. The maximum Gasteiger partial charge on any atom is 0.307 e. The van der Waals surface area contributed by atoms with Gasteiger partial charge in [0.15, 0.2) is 11.4 Å². The molecule has 1 aliphatic heterocycles. The molecule has 0 unspecified atom stereocenters. The average Bonchev–Trinajstić information content (AvgIpc) is 2.93. The first kappa shape index (κ1) is 29.7. The number of aromatic hydroxyl groups is 1. The van der Waals surface area contributed by atoms with E-state index in [-0.39, 0.29) is 17.7 Å². The first-order valence-electron chi connectivity index (χ1n) is 13.8. The van der Waals surface area contributed by atoms with E-state index in [9.17, 15) is 39.6 Å². The molecule has 1 amide bonds. The minimum atomic E-state index is -2.97. The summed E-state index contributed by atoms with van der Waals surface area (Å²) in [6.45, 7) is 4.35. The van der Waals surface area contributed by atoms with E-state index in [1.54, 1.807) is 19.1 Å². The minimum Gasteiger partial charge on any atom is -0.508 e. The number of phenols is 1. The van der Waals surface area contributed by atoms with Crippen molar-refractivity contribution in [1.82, 2.24) is 9.80 Å². The lowest BCUT2D eigenvalue weighted by Crippen LogP contribution is -2.71. The van der Waals surface area contributed by atoms with Crippen molar-refractivity contribution in [2.24, 2.45) is 17.6 Å². The van der Waals surface area contributed by atoms with Crippen LogP contribution in [0.1, 0.15) is 30.4 Å². The number of benzene rings is 1. The Morgan fingerprint density at radius 2 is 1.83 bits per heavy atom. The number of esters is 1. The maximum atomic E-state index is 14.2. The summed E-state index contributed by atoms with van der Waals surface area (Å²) in [7, 11) is 2.96. The zero-order valence-electron chi connectivity index (χ0n) is 23.6. The third-order valence-electron chi connectivity index (χ3n) is 8.97. The average molecular weight is 586 g/mol. The van der Waals surface area contributed by atoms with Crippen LogP contribution < -0.4 is 5.73 Å². The Labute approximate surface area is 241 Å². The van der Waals surface area contributed by atoms with E-state index in [0.29, 0.717) is 38.4 Å². The Morgan fingerprint density at radius 1 is 1.17 bits per heavy atom. The highest BCUT2D eigenvalue weighted by Gasteiger charge is 2.69. The summed E-state index contributed by atoms with van der Waals surface area (Å²) < 4.78 is 11.4. The smallest absolute Gasteiger partial charge is 0.307 e. The molecule has 1 aromatic rings. The fourth-order valence-electron chi connectivity index (χ4n) is 6.97. The molecule has 13 heteroatoms. The van der Waals surface area contributed by atoms with E-state index in [4.69, 9.17) is 15.2 Å². The number of ketones is 2. The molecule has 5 rings (SSSR count). The summed E-state index contributed by atoms with van der Waals surface area (Å²) in [6, 6.07) is 3.11. The summed E-state index contributed by atoms with van der Waals surface area (Å²) >= 11 is 0.